The molecule has 0 radical (unpaired) electrons. The van der Waals surface area contributed by atoms with Crippen molar-refractivity contribution in [2.45, 2.75) is 20.8 Å². The maximum Gasteiger partial charge on any atom is 0.446 e. The van der Waals surface area contributed by atoms with Gasteiger partial charge in [-0.05, 0) is 31.9 Å². The molecule has 5 heteroatoms. The van der Waals surface area contributed by atoms with Crippen LogP contribution in [0, 0.1) is 20.8 Å². The molecule has 0 aliphatic heterocycles. The van der Waals surface area contributed by atoms with Crippen LogP contribution in [0.25, 0.3) is 0 Å². The van der Waals surface area contributed by atoms with Gasteiger partial charge in [-0.2, -0.15) is 8.42 Å². The number of hydrogen-bond acceptors (Lipinski definition) is 3. The van der Waals surface area contributed by atoms with Gasteiger partial charge in [-0.25, -0.2) is 0 Å². The Morgan fingerprint density at radius 3 is 1.93 bits per heavy atom. The predicted molar refractivity (Wildman–Crippen MR) is 52.8 cm³/mol. The van der Waals surface area contributed by atoms with E-state index in [0.717, 1.165) is 5.56 Å². The summed E-state index contributed by atoms with van der Waals surface area (Å²) in [6, 6.07) is 3.57. The Hall–Kier alpha value is -1.07. The van der Waals surface area contributed by atoms with Crippen molar-refractivity contribution in [2.75, 3.05) is 0 Å². The van der Waals surface area contributed by atoms with Gasteiger partial charge in [0.2, 0.25) is 0 Å². The highest BCUT2D eigenvalue weighted by Gasteiger charge is 2.12. The van der Waals surface area contributed by atoms with Gasteiger partial charge in [-0.15, -0.1) is 0 Å². The SMILES string of the molecule is Cc1cc(C)c(OS(=O)(=O)O)c(C)c1. The van der Waals surface area contributed by atoms with Gasteiger partial charge in [0.1, 0.15) is 0 Å². The zero-order valence-electron chi connectivity index (χ0n) is 8.23. The highest BCUT2D eigenvalue weighted by Crippen LogP contribution is 2.25. The van der Waals surface area contributed by atoms with Gasteiger partial charge < -0.3 is 4.18 Å². The van der Waals surface area contributed by atoms with Crippen LogP contribution in [0.15, 0.2) is 12.1 Å². The molecular formula is C9H12O4S. The Labute approximate surface area is 83.5 Å². The Kier molecular flexibility index (Phi) is 2.82. The van der Waals surface area contributed by atoms with Crippen molar-refractivity contribution in [3.8, 4) is 5.75 Å². The lowest BCUT2D eigenvalue weighted by molar-refractivity contribution is 0.384. The summed E-state index contributed by atoms with van der Waals surface area (Å²) < 4.78 is 34.0. The molecule has 0 heterocycles. The maximum atomic E-state index is 10.5. The Morgan fingerprint density at radius 1 is 1.14 bits per heavy atom. The molecule has 0 atom stereocenters. The molecule has 0 aromatic heterocycles. The number of aryl methyl sites for hydroxylation is 3. The zero-order chi connectivity index (χ0) is 10.9. The number of rotatable bonds is 2. The van der Waals surface area contributed by atoms with Crippen LogP contribution in [0.1, 0.15) is 16.7 Å². The molecule has 4 nitrogen and oxygen atoms in total. The topological polar surface area (TPSA) is 63.6 Å². The minimum atomic E-state index is -4.44. The highest BCUT2D eigenvalue weighted by molar-refractivity contribution is 7.81. The lowest BCUT2D eigenvalue weighted by Crippen LogP contribution is -2.08. The molecule has 1 rings (SSSR count). The molecule has 78 valence electrons. The third-order valence-electron chi connectivity index (χ3n) is 1.79. The molecule has 0 aliphatic carbocycles. The van der Waals surface area contributed by atoms with Crippen molar-refractivity contribution in [2.24, 2.45) is 0 Å². The summed E-state index contributed by atoms with van der Waals surface area (Å²) >= 11 is 0. The van der Waals surface area contributed by atoms with E-state index in [1.54, 1.807) is 26.0 Å². The van der Waals surface area contributed by atoms with Crippen LogP contribution in [0.4, 0.5) is 0 Å². The van der Waals surface area contributed by atoms with Crippen molar-refractivity contribution in [3.63, 3.8) is 0 Å². The standard InChI is InChI=1S/C9H12O4S/c1-6-4-7(2)9(8(3)5-6)13-14(10,11)12/h4-5H,1-3H3,(H,10,11,12). The van der Waals surface area contributed by atoms with Crippen LogP contribution in [0.2, 0.25) is 0 Å². The lowest BCUT2D eigenvalue weighted by Gasteiger charge is -2.09. The molecule has 0 spiro atoms. The molecule has 0 bridgehead atoms. The highest BCUT2D eigenvalue weighted by atomic mass is 32.3. The first-order valence-electron chi connectivity index (χ1n) is 4.04. The van der Waals surface area contributed by atoms with Crippen LogP contribution in [0.3, 0.4) is 0 Å². The van der Waals surface area contributed by atoms with Crippen LogP contribution < -0.4 is 4.18 Å². The smallest absolute Gasteiger partial charge is 0.361 e. The summed E-state index contributed by atoms with van der Waals surface area (Å²) in [7, 11) is -4.44. The third kappa shape index (κ3) is 2.71. The second kappa shape index (κ2) is 3.59. The first-order valence-corrected chi connectivity index (χ1v) is 5.41. The Balaban J connectivity index is 3.22. The molecule has 0 fully saturated rings. The summed E-state index contributed by atoms with van der Waals surface area (Å²) in [5, 5.41) is 0. The van der Waals surface area contributed by atoms with E-state index < -0.39 is 10.4 Å². The quantitative estimate of drug-likeness (QED) is 0.765. The molecule has 1 aromatic carbocycles. The second-order valence-corrected chi connectivity index (χ2v) is 4.26. The van der Waals surface area contributed by atoms with E-state index in [1.165, 1.54) is 0 Å². The van der Waals surface area contributed by atoms with Gasteiger partial charge in [-0.3, -0.25) is 4.55 Å². The van der Waals surface area contributed by atoms with Gasteiger partial charge in [0.25, 0.3) is 0 Å². The lowest BCUT2D eigenvalue weighted by atomic mass is 10.1. The van der Waals surface area contributed by atoms with Gasteiger partial charge in [-0.1, -0.05) is 17.7 Å². The van der Waals surface area contributed by atoms with Gasteiger partial charge in [0.05, 0.1) is 0 Å². The van der Waals surface area contributed by atoms with Gasteiger partial charge in [0, 0.05) is 0 Å². The molecule has 0 amide bonds. The molecule has 1 N–H and O–H groups in total. The van der Waals surface area contributed by atoms with E-state index in [4.69, 9.17) is 4.55 Å². The Morgan fingerprint density at radius 2 is 1.57 bits per heavy atom. The van der Waals surface area contributed by atoms with Crippen LogP contribution >= 0.6 is 0 Å². The fraction of sp³-hybridized carbons (Fsp3) is 0.333. The van der Waals surface area contributed by atoms with E-state index >= 15 is 0 Å². The number of hydrogen-bond donors (Lipinski definition) is 1. The van der Waals surface area contributed by atoms with Crippen LogP contribution in [0.5, 0.6) is 5.75 Å². The molecular weight excluding hydrogens is 204 g/mol. The van der Waals surface area contributed by atoms with Crippen molar-refractivity contribution < 1.29 is 17.2 Å². The molecule has 0 saturated heterocycles. The van der Waals surface area contributed by atoms with E-state index in [2.05, 4.69) is 4.18 Å². The first kappa shape index (κ1) is 11.0. The van der Waals surface area contributed by atoms with Crippen molar-refractivity contribution >= 4 is 10.4 Å². The van der Waals surface area contributed by atoms with Gasteiger partial charge in [0.15, 0.2) is 5.75 Å². The van der Waals surface area contributed by atoms with Gasteiger partial charge >= 0.3 is 10.4 Å². The largest absolute Gasteiger partial charge is 0.446 e. The third-order valence-corrected chi connectivity index (χ3v) is 2.17. The summed E-state index contributed by atoms with van der Waals surface area (Å²) in [6.45, 7) is 5.35. The van der Waals surface area contributed by atoms with Crippen molar-refractivity contribution in [1.29, 1.82) is 0 Å². The molecule has 0 aliphatic rings. The Bertz CT molecular complexity index is 425. The summed E-state index contributed by atoms with van der Waals surface area (Å²) in [6.07, 6.45) is 0. The normalized spacial score (nSPS) is 11.4. The fourth-order valence-electron chi connectivity index (χ4n) is 1.40. The maximum absolute atomic E-state index is 10.5. The average Bonchev–Trinajstić information content (AvgIpc) is 1.95. The summed E-state index contributed by atoms with van der Waals surface area (Å²) in [5.74, 6) is 0.193. The second-order valence-electron chi connectivity index (χ2n) is 3.24. The van der Waals surface area contributed by atoms with E-state index in [9.17, 15) is 8.42 Å². The number of benzene rings is 1. The van der Waals surface area contributed by atoms with Crippen LogP contribution in [-0.4, -0.2) is 13.0 Å². The van der Waals surface area contributed by atoms with Crippen molar-refractivity contribution in [3.05, 3.63) is 28.8 Å². The summed E-state index contributed by atoms with van der Waals surface area (Å²) in [5.41, 5.74) is 2.38. The molecule has 0 saturated carbocycles. The zero-order valence-corrected chi connectivity index (χ0v) is 9.05. The molecule has 14 heavy (non-hydrogen) atoms. The summed E-state index contributed by atoms with van der Waals surface area (Å²) in [4.78, 5) is 0. The predicted octanol–water partition coefficient (Wildman–Crippen LogP) is 1.79. The van der Waals surface area contributed by atoms with Crippen molar-refractivity contribution in [1.82, 2.24) is 0 Å². The van der Waals surface area contributed by atoms with E-state index in [0.29, 0.717) is 11.1 Å². The minimum Gasteiger partial charge on any atom is -0.361 e. The van der Waals surface area contributed by atoms with Crippen LogP contribution in [-0.2, 0) is 10.4 Å². The van der Waals surface area contributed by atoms with E-state index in [-0.39, 0.29) is 5.75 Å². The fourth-order valence-corrected chi connectivity index (χ4v) is 1.88. The monoisotopic (exact) mass is 216 g/mol. The average molecular weight is 216 g/mol. The molecule has 1 aromatic rings. The minimum absolute atomic E-state index is 0.193. The van der Waals surface area contributed by atoms with E-state index in [1.807, 2.05) is 6.92 Å². The first-order chi connectivity index (χ1) is 6.29. The molecule has 0 unspecified atom stereocenters.